The number of thioether (sulfide) groups is 1. The van der Waals surface area contributed by atoms with E-state index in [1.165, 1.54) is 0 Å². The second-order valence-corrected chi connectivity index (χ2v) is 8.97. The number of furan rings is 1. The lowest BCUT2D eigenvalue weighted by Gasteiger charge is -2.30. The van der Waals surface area contributed by atoms with Crippen LogP contribution >= 0.6 is 35.0 Å². The summed E-state index contributed by atoms with van der Waals surface area (Å²) in [5.41, 5.74) is 1.87. The normalized spacial score (nSPS) is 23.3. The van der Waals surface area contributed by atoms with Crippen molar-refractivity contribution in [3.63, 3.8) is 0 Å². The molecule has 1 fully saturated rings. The molecule has 148 valence electrons. The Morgan fingerprint density at radius 2 is 2.03 bits per heavy atom. The van der Waals surface area contributed by atoms with E-state index in [1.54, 1.807) is 6.07 Å². The van der Waals surface area contributed by atoms with E-state index in [0.717, 1.165) is 40.1 Å². The van der Waals surface area contributed by atoms with Crippen molar-refractivity contribution in [3.8, 4) is 11.3 Å². The zero-order valence-corrected chi connectivity index (χ0v) is 18.1. The molecule has 0 bridgehead atoms. The summed E-state index contributed by atoms with van der Waals surface area (Å²) in [6, 6.07) is 15.9. The van der Waals surface area contributed by atoms with Crippen LogP contribution in [0.1, 0.15) is 36.9 Å². The summed E-state index contributed by atoms with van der Waals surface area (Å²) in [5, 5.41) is 2.14. The maximum Gasteiger partial charge on any atom is 0.161 e. The lowest BCUT2D eigenvalue weighted by Crippen LogP contribution is -2.35. The minimum absolute atomic E-state index is 0.00336. The molecule has 1 aromatic carbocycles. The smallest absolute Gasteiger partial charge is 0.161 e. The van der Waals surface area contributed by atoms with Crippen LogP contribution in [0.15, 0.2) is 64.1 Å². The van der Waals surface area contributed by atoms with Gasteiger partial charge in [0.05, 0.1) is 15.7 Å². The Bertz CT molecular complexity index is 1070. The number of hydrogen-bond acceptors (Lipinski definition) is 5. The van der Waals surface area contributed by atoms with Gasteiger partial charge in [0, 0.05) is 23.6 Å². The highest BCUT2D eigenvalue weighted by Gasteiger charge is 2.46. The first-order valence-electron chi connectivity index (χ1n) is 9.60. The van der Waals surface area contributed by atoms with Gasteiger partial charge in [0.25, 0.3) is 0 Å². The molecule has 2 aliphatic rings. The highest BCUT2D eigenvalue weighted by atomic mass is 35.5. The third-order valence-corrected chi connectivity index (χ3v) is 7.32. The van der Waals surface area contributed by atoms with Gasteiger partial charge in [-0.05, 0) is 48.9 Å². The minimum atomic E-state index is -0.0825. The quantitative estimate of drug-likeness (QED) is 0.453. The van der Waals surface area contributed by atoms with E-state index in [1.807, 2.05) is 60.4 Å². The van der Waals surface area contributed by atoms with Crippen molar-refractivity contribution in [2.24, 2.45) is 4.99 Å². The molecule has 0 unspecified atom stereocenters. The summed E-state index contributed by atoms with van der Waals surface area (Å²) in [6.45, 7) is 2.22. The molecule has 3 atom stereocenters. The van der Waals surface area contributed by atoms with Crippen LogP contribution in [0, 0.1) is 0 Å². The van der Waals surface area contributed by atoms with E-state index in [9.17, 15) is 0 Å². The van der Waals surface area contributed by atoms with Crippen molar-refractivity contribution in [1.82, 2.24) is 9.88 Å². The Kier molecular flexibility index (Phi) is 5.06. The SMILES string of the molecule is CC[C@H]1CSC2=N[C@@H](c3ccccn3)[C@@H](c3ccc(-c4ccc(Cl)c(Cl)c4)o3)N21. The monoisotopic (exact) mass is 443 g/mol. The number of aromatic nitrogens is 1. The van der Waals surface area contributed by atoms with Gasteiger partial charge in [-0.15, -0.1) is 0 Å². The first-order chi connectivity index (χ1) is 14.2. The third-order valence-electron chi connectivity index (χ3n) is 5.45. The topological polar surface area (TPSA) is 41.6 Å². The Labute approximate surface area is 183 Å². The van der Waals surface area contributed by atoms with Crippen LogP contribution in [0.5, 0.6) is 0 Å². The molecule has 0 aliphatic carbocycles. The van der Waals surface area contributed by atoms with Gasteiger partial charge >= 0.3 is 0 Å². The molecule has 1 saturated heterocycles. The van der Waals surface area contributed by atoms with E-state index in [0.29, 0.717) is 16.1 Å². The molecule has 7 heteroatoms. The Morgan fingerprint density at radius 3 is 2.79 bits per heavy atom. The number of fused-ring (bicyclic) bond motifs is 1. The van der Waals surface area contributed by atoms with Crippen LogP contribution in [0.3, 0.4) is 0 Å². The molecular weight excluding hydrogens is 425 g/mol. The summed E-state index contributed by atoms with van der Waals surface area (Å²) >= 11 is 14.1. The van der Waals surface area contributed by atoms with Crippen LogP contribution < -0.4 is 0 Å². The van der Waals surface area contributed by atoms with Crippen LogP contribution in [-0.4, -0.2) is 26.8 Å². The van der Waals surface area contributed by atoms with Crippen molar-refractivity contribution in [2.75, 3.05) is 5.75 Å². The number of nitrogens with zero attached hydrogens (tertiary/aromatic N) is 3. The summed E-state index contributed by atoms with van der Waals surface area (Å²) in [4.78, 5) is 12.0. The molecule has 0 radical (unpaired) electrons. The fourth-order valence-corrected chi connectivity index (χ4v) is 5.61. The molecule has 4 nitrogen and oxygen atoms in total. The molecule has 2 aliphatic heterocycles. The van der Waals surface area contributed by atoms with Crippen molar-refractivity contribution in [3.05, 3.63) is 76.2 Å². The number of amidine groups is 1. The Morgan fingerprint density at radius 1 is 1.14 bits per heavy atom. The maximum absolute atomic E-state index is 6.35. The number of halogens is 2. The summed E-state index contributed by atoms with van der Waals surface area (Å²) in [7, 11) is 0. The number of pyridine rings is 1. The second kappa shape index (κ2) is 7.71. The van der Waals surface area contributed by atoms with Crippen molar-refractivity contribution in [2.45, 2.75) is 31.5 Å². The van der Waals surface area contributed by atoms with Gasteiger partial charge in [0.15, 0.2) is 5.17 Å². The third kappa shape index (κ3) is 3.35. The summed E-state index contributed by atoms with van der Waals surface area (Å²) in [5.74, 6) is 2.72. The van der Waals surface area contributed by atoms with E-state index < -0.39 is 0 Å². The van der Waals surface area contributed by atoms with Gasteiger partial charge < -0.3 is 9.32 Å². The molecule has 0 spiro atoms. The number of hydrogen-bond donors (Lipinski definition) is 0. The highest BCUT2D eigenvalue weighted by molar-refractivity contribution is 8.14. The van der Waals surface area contributed by atoms with Crippen LogP contribution in [0.2, 0.25) is 10.0 Å². The van der Waals surface area contributed by atoms with E-state index in [2.05, 4.69) is 16.8 Å². The lowest BCUT2D eigenvalue weighted by molar-refractivity contribution is 0.226. The molecule has 29 heavy (non-hydrogen) atoms. The molecule has 4 heterocycles. The second-order valence-electron chi connectivity index (χ2n) is 7.17. The van der Waals surface area contributed by atoms with Crippen LogP contribution in [0.4, 0.5) is 0 Å². The minimum Gasteiger partial charge on any atom is -0.459 e. The predicted octanol–water partition coefficient (Wildman–Crippen LogP) is 6.63. The van der Waals surface area contributed by atoms with Crippen molar-refractivity contribution >= 4 is 40.1 Å². The van der Waals surface area contributed by atoms with Crippen LogP contribution in [-0.2, 0) is 0 Å². The maximum atomic E-state index is 6.35. The molecule has 0 saturated carbocycles. The Hall–Kier alpha value is -1.95. The van der Waals surface area contributed by atoms with E-state index >= 15 is 0 Å². The molecule has 2 aromatic heterocycles. The number of benzene rings is 1. The van der Waals surface area contributed by atoms with Gasteiger partial charge in [-0.1, -0.05) is 48.0 Å². The van der Waals surface area contributed by atoms with Gasteiger partial charge in [-0.25, -0.2) is 4.99 Å². The van der Waals surface area contributed by atoms with E-state index in [4.69, 9.17) is 32.6 Å². The molecular formula is C22H19Cl2N3OS. The standard InChI is InChI=1S/C22H19Cl2N3OS/c1-2-14-12-29-22-26-20(17-5-3-4-10-25-17)21(27(14)22)19-9-8-18(28-19)13-6-7-15(23)16(24)11-13/h3-11,14,20-21H,2,12H2,1H3/t14-,20-,21+/m0/s1. The molecule has 0 amide bonds. The molecule has 3 aromatic rings. The highest BCUT2D eigenvalue weighted by Crippen LogP contribution is 2.49. The zero-order chi connectivity index (χ0) is 20.0. The van der Waals surface area contributed by atoms with Crippen LogP contribution in [0.25, 0.3) is 11.3 Å². The van der Waals surface area contributed by atoms with Gasteiger partial charge in [-0.3, -0.25) is 4.98 Å². The lowest BCUT2D eigenvalue weighted by atomic mass is 10.0. The predicted molar refractivity (Wildman–Crippen MR) is 120 cm³/mol. The van der Waals surface area contributed by atoms with Crippen molar-refractivity contribution in [1.29, 1.82) is 0 Å². The molecule has 5 rings (SSSR count). The largest absolute Gasteiger partial charge is 0.459 e. The number of aliphatic imine (C=N–C) groups is 1. The average Bonchev–Trinajstić information content (AvgIpc) is 3.45. The Balaban J connectivity index is 1.55. The van der Waals surface area contributed by atoms with Gasteiger partial charge in [-0.2, -0.15) is 0 Å². The van der Waals surface area contributed by atoms with Gasteiger partial charge in [0.2, 0.25) is 0 Å². The summed E-state index contributed by atoms with van der Waals surface area (Å²) in [6.07, 6.45) is 2.89. The molecule has 0 N–H and O–H groups in total. The number of rotatable bonds is 4. The first-order valence-corrected chi connectivity index (χ1v) is 11.3. The van der Waals surface area contributed by atoms with E-state index in [-0.39, 0.29) is 12.1 Å². The van der Waals surface area contributed by atoms with Crippen molar-refractivity contribution < 1.29 is 4.42 Å². The zero-order valence-electron chi connectivity index (χ0n) is 15.8. The first kappa shape index (κ1) is 19.0. The fourth-order valence-electron chi connectivity index (χ4n) is 3.98. The summed E-state index contributed by atoms with van der Waals surface area (Å²) < 4.78 is 6.35. The average molecular weight is 444 g/mol. The fraction of sp³-hybridized carbons (Fsp3) is 0.273. The van der Waals surface area contributed by atoms with Gasteiger partial charge in [0.1, 0.15) is 23.6 Å².